The molecule has 0 saturated heterocycles. The van der Waals surface area contributed by atoms with Crippen LogP contribution in [-0.4, -0.2) is 41.6 Å². The van der Waals surface area contributed by atoms with Gasteiger partial charge in [0.05, 0.1) is 24.5 Å². The van der Waals surface area contributed by atoms with Crippen molar-refractivity contribution in [1.29, 1.82) is 0 Å². The molecule has 8 heteroatoms. The van der Waals surface area contributed by atoms with E-state index in [1.807, 2.05) is 30.3 Å². The van der Waals surface area contributed by atoms with E-state index in [9.17, 15) is 14.4 Å². The number of rotatable bonds is 7. The molecule has 154 valence electrons. The molecular weight excluding hydrogens is 408 g/mol. The summed E-state index contributed by atoms with van der Waals surface area (Å²) in [7, 11) is 0. The number of hydrogen-bond donors (Lipinski definition) is 1. The van der Waals surface area contributed by atoms with E-state index in [0.717, 1.165) is 21.8 Å². The van der Waals surface area contributed by atoms with E-state index in [4.69, 9.17) is 4.74 Å². The topological polar surface area (TPSA) is 75.7 Å². The van der Waals surface area contributed by atoms with Gasteiger partial charge in [0.2, 0.25) is 11.8 Å². The second-order valence-corrected chi connectivity index (χ2v) is 8.74. The molecule has 0 unspecified atom stereocenters. The predicted octanol–water partition coefficient (Wildman–Crippen LogP) is 3.70. The van der Waals surface area contributed by atoms with Crippen LogP contribution < -0.4 is 5.32 Å². The van der Waals surface area contributed by atoms with Crippen LogP contribution in [-0.2, 0) is 33.0 Å². The SMILES string of the molecule is CCOC(=O)c1c(NC(=O)CSCc2ccccc2)sc2c1CCN(C(C)=O)C2. The quantitative estimate of drug-likeness (QED) is 0.675. The first-order valence-corrected chi connectivity index (χ1v) is 11.5. The minimum absolute atomic E-state index is 0.00429. The molecule has 0 aliphatic carbocycles. The number of anilines is 1. The van der Waals surface area contributed by atoms with Crippen molar-refractivity contribution < 1.29 is 19.1 Å². The van der Waals surface area contributed by atoms with Gasteiger partial charge in [0.15, 0.2) is 0 Å². The van der Waals surface area contributed by atoms with Crippen molar-refractivity contribution in [3.63, 3.8) is 0 Å². The third kappa shape index (κ3) is 5.39. The van der Waals surface area contributed by atoms with E-state index in [2.05, 4.69) is 5.32 Å². The van der Waals surface area contributed by atoms with Gasteiger partial charge < -0.3 is 15.0 Å². The summed E-state index contributed by atoms with van der Waals surface area (Å²) in [5, 5.41) is 3.41. The summed E-state index contributed by atoms with van der Waals surface area (Å²) in [6.45, 7) is 4.58. The lowest BCUT2D eigenvalue weighted by Gasteiger charge is -2.25. The fraction of sp³-hybridized carbons (Fsp3) is 0.381. The number of amides is 2. The van der Waals surface area contributed by atoms with Gasteiger partial charge in [-0.05, 0) is 24.5 Å². The number of nitrogens with zero attached hydrogens (tertiary/aromatic N) is 1. The molecule has 1 aromatic carbocycles. The highest BCUT2D eigenvalue weighted by molar-refractivity contribution is 7.99. The fourth-order valence-corrected chi connectivity index (χ4v) is 5.23. The fourth-order valence-electron chi connectivity index (χ4n) is 3.18. The Morgan fingerprint density at radius 2 is 2.00 bits per heavy atom. The Kier molecular flexibility index (Phi) is 7.33. The minimum atomic E-state index is -0.423. The highest BCUT2D eigenvalue weighted by Crippen LogP contribution is 2.37. The van der Waals surface area contributed by atoms with Crippen LogP contribution in [0.15, 0.2) is 30.3 Å². The van der Waals surface area contributed by atoms with Gasteiger partial charge in [-0.2, -0.15) is 0 Å². The van der Waals surface area contributed by atoms with Gasteiger partial charge in [0.1, 0.15) is 5.00 Å². The molecule has 3 rings (SSSR count). The van der Waals surface area contributed by atoms with Crippen LogP contribution >= 0.6 is 23.1 Å². The molecular formula is C21H24N2O4S2. The minimum Gasteiger partial charge on any atom is -0.462 e. The van der Waals surface area contributed by atoms with Crippen LogP contribution in [0.3, 0.4) is 0 Å². The van der Waals surface area contributed by atoms with Gasteiger partial charge in [-0.15, -0.1) is 23.1 Å². The van der Waals surface area contributed by atoms with Crippen molar-refractivity contribution in [3.8, 4) is 0 Å². The first-order chi connectivity index (χ1) is 14.0. The highest BCUT2D eigenvalue weighted by atomic mass is 32.2. The molecule has 0 fully saturated rings. The molecule has 0 bridgehead atoms. The smallest absolute Gasteiger partial charge is 0.341 e. The number of hydrogen-bond acceptors (Lipinski definition) is 6. The average Bonchev–Trinajstić information content (AvgIpc) is 3.05. The maximum Gasteiger partial charge on any atom is 0.341 e. The molecule has 1 N–H and O–H groups in total. The van der Waals surface area contributed by atoms with Gasteiger partial charge in [-0.3, -0.25) is 9.59 Å². The summed E-state index contributed by atoms with van der Waals surface area (Å²) in [5.74, 6) is 0.462. The maximum absolute atomic E-state index is 12.5. The Morgan fingerprint density at radius 3 is 2.69 bits per heavy atom. The molecule has 29 heavy (non-hydrogen) atoms. The standard InChI is InChI=1S/C21H24N2O4S2/c1-3-27-21(26)19-16-9-10-23(14(2)24)11-17(16)29-20(19)22-18(25)13-28-12-15-7-5-4-6-8-15/h4-8H,3,9-13H2,1-2H3,(H,22,25). The van der Waals surface area contributed by atoms with E-state index in [1.165, 1.54) is 30.0 Å². The first kappa shape index (κ1) is 21.4. The van der Waals surface area contributed by atoms with Crippen LogP contribution in [0, 0.1) is 0 Å². The highest BCUT2D eigenvalue weighted by Gasteiger charge is 2.30. The summed E-state index contributed by atoms with van der Waals surface area (Å²) in [5.41, 5.74) is 2.49. The third-order valence-electron chi connectivity index (χ3n) is 4.58. The molecule has 6 nitrogen and oxygen atoms in total. The molecule has 2 amide bonds. The number of thiophene rings is 1. The number of thioether (sulfide) groups is 1. The Hall–Kier alpha value is -2.32. The van der Waals surface area contributed by atoms with Crippen LogP contribution in [0.1, 0.15) is 40.2 Å². The van der Waals surface area contributed by atoms with Crippen molar-refractivity contribution in [2.24, 2.45) is 0 Å². The lowest BCUT2D eigenvalue weighted by molar-refractivity contribution is -0.129. The van der Waals surface area contributed by atoms with Crippen LogP contribution in [0.2, 0.25) is 0 Å². The monoisotopic (exact) mass is 432 g/mol. The number of carbonyl (C=O) groups is 3. The second-order valence-electron chi connectivity index (χ2n) is 6.65. The molecule has 0 atom stereocenters. The van der Waals surface area contributed by atoms with Gasteiger partial charge in [-0.25, -0.2) is 4.79 Å². The van der Waals surface area contributed by atoms with Crippen molar-refractivity contribution in [2.75, 3.05) is 24.2 Å². The molecule has 0 spiro atoms. The molecule has 1 aromatic heterocycles. The zero-order valence-electron chi connectivity index (χ0n) is 16.5. The largest absolute Gasteiger partial charge is 0.462 e. The van der Waals surface area contributed by atoms with E-state index in [-0.39, 0.29) is 18.4 Å². The number of benzene rings is 1. The number of fused-ring (bicyclic) bond motifs is 1. The lowest BCUT2D eigenvalue weighted by Crippen LogP contribution is -2.34. The summed E-state index contributed by atoms with van der Waals surface area (Å²) < 4.78 is 5.22. The number of ether oxygens (including phenoxy) is 1. The number of carbonyl (C=O) groups excluding carboxylic acids is 3. The Morgan fingerprint density at radius 1 is 1.24 bits per heavy atom. The van der Waals surface area contributed by atoms with Crippen molar-refractivity contribution in [2.45, 2.75) is 32.6 Å². The summed E-state index contributed by atoms with van der Waals surface area (Å²) in [4.78, 5) is 39.4. The third-order valence-corrected chi connectivity index (χ3v) is 6.72. The van der Waals surface area contributed by atoms with Gasteiger partial charge in [-0.1, -0.05) is 30.3 Å². The normalized spacial score (nSPS) is 13.0. The van der Waals surface area contributed by atoms with E-state index < -0.39 is 5.97 Å². The molecule has 2 heterocycles. The predicted molar refractivity (Wildman–Crippen MR) is 116 cm³/mol. The lowest BCUT2D eigenvalue weighted by atomic mass is 10.0. The van der Waals surface area contributed by atoms with Crippen molar-refractivity contribution in [1.82, 2.24) is 4.90 Å². The summed E-state index contributed by atoms with van der Waals surface area (Å²) in [6.07, 6.45) is 0.582. The maximum atomic E-state index is 12.5. The Labute approximate surface area is 178 Å². The molecule has 0 radical (unpaired) electrons. The first-order valence-electron chi connectivity index (χ1n) is 9.48. The summed E-state index contributed by atoms with van der Waals surface area (Å²) >= 11 is 2.88. The Balaban J connectivity index is 1.71. The zero-order valence-corrected chi connectivity index (χ0v) is 18.2. The molecule has 0 saturated carbocycles. The van der Waals surface area contributed by atoms with E-state index >= 15 is 0 Å². The van der Waals surface area contributed by atoms with Crippen molar-refractivity contribution in [3.05, 3.63) is 51.9 Å². The Bertz CT molecular complexity index is 896. The summed E-state index contributed by atoms with van der Waals surface area (Å²) in [6, 6.07) is 9.96. The molecule has 1 aliphatic heterocycles. The van der Waals surface area contributed by atoms with Crippen LogP contribution in [0.4, 0.5) is 5.00 Å². The van der Waals surface area contributed by atoms with Gasteiger partial charge in [0.25, 0.3) is 0 Å². The van der Waals surface area contributed by atoms with Crippen molar-refractivity contribution >= 4 is 45.9 Å². The second kappa shape index (κ2) is 9.93. The average molecular weight is 433 g/mol. The van der Waals surface area contributed by atoms with Crippen LogP contribution in [0.5, 0.6) is 0 Å². The number of nitrogens with one attached hydrogen (secondary N) is 1. The molecule has 1 aliphatic rings. The van der Waals surface area contributed by atoms with Gasteiger partial charge >= 0.3 is 5.97 Å². The van der Waals surface area contributed by atoms with Crippen LogP contribution in [0.25, 0.3) is 0 Å². The van der Waals surface area contributed by atoms with Gasteiger partial charge in [0, 0.05) is 24.1 Å². The zero-order chi connectivity index (χ0) is 20.8. The van der Waals surface area contributed by atoms with E-state index in [0.29, 0.717) is 35.8 Å². The number of esters is 1. The van der Waals surface area contributed by atoms with E-state index in [1.54, 1.807) is 11.8 Å². The molecule has 2 aromatic rings.